The van der Waals surface area contributed by atoms with Gasteiger partial charge in [0.05, 0.1) is 17.5 Å². The second kappa shape index (κ2) is 8.55. The van der Waals surface area contributed by atoms with Crippen molar-refractivity contribution >= 4 is 17.8 Å². The first-order valence-corrected chi connectivity index (χ1v) is 8.13. The lowest BCUT2D eigenvalue weighted by molar-refractivity contribution is -0.137. The third-order valence-electron chi connectivity index (χ3n) is 3.94. The summed E-state index contributed by atoms with van der Waals surface area (Å²) in [5, 5.41) is 11.3. The van der Waals surface area contributed by atoms with Crippen LogP contribution in [0.4, 0.5) is 13.2 Å². The fourth-order valence-electron chi connectivity index (χ4n) is 2.53. The first-order valence-electron chi connectivity index (χ1n) is 8.13. The molecule has 0 aliphatic carbocycles. The van der Waals surface area contributed by atoms with Crippen molar-refractivity contribution in [3.05, 3.63) is 70.8 Å². The molecule has 0 aromatic heterocycles. The summed E-state index contributed by atoms with van der Waals surface area (Å²) in [6.07, 6.45) is -4.86. The summed E-state index contributed by atoms with van der Waals surface area (Å²) >= 11 is 0. The van der Waals surface area contributed by atoms with Gasteiger partial charge in [-0.3, -0.25) is 9.59 Å². The average Bonchev–Trinajstić information content (AvgIpc) is 2.61. The molecule has 9 heteroatoms. The van der Waals surface area contributed by atoms with E-state index in [1.807, 2.05) is 0 Å². The van der Waals surface area contributed by atoms with Crippen LogP contribution in [0.15, 0.2) is 48.5 Å². The van der Waals surface area contributed by atoms with E-state index in [1.54, 1.807) is 0 Å². The first kappa shape index (κ1) is 20.9. The number of nitrogens with two attached hydrogens (primary N) is 1. The van der Waals surface area contributed by atoms with E-state index < -0.39 is 35.6 Å². The second-order valence-corrected chi connectivity index (χ2v) is 6.10. The van der Waals surface area contributed by atoms with Crippen LogP contribution in [0.1, 0.15) is 27.0 Å². The molecule has 2 rings (SSSR count). The minimum absolute atomic E-state index is 0.0174. The van der Waals surface area contributed by atoms with Gasteiger partial charge in [0.25, 0.3) is 0 Å². The van der Waals surface area contributed by atoms with E-state index in [1.165, 1.54) is 36.4 Å². The van der Waals surface area contributed by atoms with Gasteiger partial charge in [-0.25, -0.2) is 4.79 Å². The molecule has 6 nitrogen and oxygen atoms in total. The number of nitrogens with one attached hydrogen (secondary N) is 1. The Kier molecular flexibility index (Phi) is 6.40. The van der Waals surface area contributed by atoms with E-state index in [9.17, 15) is 27.6 Å². The van der Waals surface area contributed by atoms with Crippen LogP contribution < -0.4 is 11.1 Å². The van der Waals surface area contributed by atoms with Crippen molar-refractivity contribution in [3.8, 4) is 0 Å². The molecule has 4 N–H and O–H groups in total. The zero-order chi connectivity index (χ0) is 20.9. The molecule has 0 fully saturated rings. The summed E-state index contributed by atoms with van der Waals surface area (Å²) in [7, 11) is 0. The molecule has 0 bridgehead atoms. The molecule has 0 spiro atoms. The van der Waals surface area contributed by atoms with Gasteiger partial charge in [0.1, 0.15) is 6.04 Å². The molecule has 0 aliphatic rings. The normalized spacial score (nSPS) is 12.2. The van der Waals surface area contributed by atoms with Crippen molar-refractivity contribution in [2.24, 2.45) is 5.73 Å². The minimum Gasteiger partial charge on any atom is -0.478 e. The van der Waals surface area contributed by atoms with E-state index in [2.05, 4.69) is 5.32 Å². The number of amides is 2. The third kappa shape index (κ3) is 5.83. The molecule has 2 amide bonds. The summed E-state index contributed by atoms with van der Waals surface area (Å²) < 4.78 is 38.2. The first-order chi connectivity index (χ1) is 13.1. The van der Waals surface area contributed by atoms with E-state index in [4.69, 9.17) is 10.8 Å². The SMILES string of the molecule is NC(=O)[C@@H](Cc1ccc(C(=O)O)cc1)NC(=O)Cc1cccc(C(F)(F)F)c1. The Hall–Kier alpha value is -3.36. The van der Waals surface area contributed by atoms with Crippen LogP contribution in [0, 0.1) is 0 Å². The number of benzene rings is 2. The van der Waals surface area contributed by atoms with E-state index in [0.29, 0.717) is 5.56 Å². The average molecular weight is 394 g/mol. The van der Waals surface area contributed by atoms with Crippen LogP contribution >= 0.6 is 0 Å². The summed E-state index contributed by atoms with van der Waals surface area (Å²) in [6, 6.07) is 8.91. The summed E-state index contributed by atoms with van der Waals surface area (Å²) in [6.45, 7) is 0. The number of carboxylic acids is 1. The zero-order valence-electron chi connectivity index (χ0n) is 14.5. The molecular weight excluding hydrogens is 377 g/mol. The lowest BCUT2D eigenvalue weighted by atomic mass is 10.0. The molecule has 2 aromatic rings. The molecule has 148 valence electrons. The lowest BCUT2D eigenvalue weighted by Gasteiger charge is -2.16. The highest BCUT2D eigenvalue weighted by atomic mass is 19.4. The van der Waals surface area contributed by atoms with E-state index in [-0.39, 0.29) is 24.0 Å². The van der Waals surface area contributed by atoms with Gasteiger partial charge in [-0.1, -0.05) is 30.3 Å². The number of rotatable bonds is 7. The van der Waals surface area contributed by atoms with Gasteiger partial charge in [-0.15, -0.1) is 0 Å². The van der Waals surface area contributed by atoms with Crippen molar-refractivity contribution in [3.63, 3.8) is 0 Å². The van der Waals surface area contributed by atoms with Crippen LogP contribution in [-0.2, 0) is 28.6 Å². The Morgan fingerprint density at radius 1 is 1.04 bits per heavy atom. The monoisotopic (exact) mass is 394 g/mol. The predicted molar refractivity (Wildman–Crippen MR) is 93.4 cm³/mol. The largest absolute Gasteiger partial charge is 0.478 e. The van der Waals surface area contributed by atoms with Gasteiger partial charge in [-0.2, -0.15) is 13.2 Å². The molecule has 0 heterocycles. The number of primary amides is 1. The number of aromatic carboxylic acids is 1. The van der Waals surface area contributed by atoms with Crippen LogP contribution in [0.2, 0.25) is 0 Å². The van der Waals surface area contributed by atoms with Crippen molar-refractivity contribution in [2.75, 3.05) is 0 Å². The molecule has 2 aromatic carbocycles. The molecule has 0 saturated carbocycles. The lowest BCUT2D eigenvalue weighted by Crippen LogP contribution is -2.46. The zero-order valence-corrected chi connectivity index (χ0v) is 14.5. The Morgan fingerprint density at radius 2 is 1.68 bits per heavy atom. The van der Waals surface area contributed by atoms with Crippen molar-refractivity contribution in [1.82, 2.24) is 5.32 Å². The summed E-state index contributed by atoms with van der Waals surface area (Å²) in [5.74, 6) is -2.59. The number of hydrogen-bond acceptors (Lipinski definition) is 3. The maximum absolute atomic E-state index is 12.7. The fraction of sp³-hybridized carbons (Fsp3) is 0.211. The highest BCUT2D eigenvalue weighted by Gasteiger charge is 2.30. The fourth-order valence-corrected chi connectivity index (χ4v) is 2.53. The van der Waals surface area contributed by atoms with Gasteiger partial charge in [-0.05, 0) is 29.3 Å². The van der Waals surface area contributed by atoms with Gasteiger partial charge in [0.2, 0.25) is 11.8 Å². The molecule has 0 aliphatic heterocycles. The molecule has 0 saturated heterocycles. The highest BCUT2D eigenvalue weighted by Crippen LogP contribution is 2.29. The number of hydrogen-bond donors (Lipinski definition) is 3. The van der Waals surface area contributed by atoms with Crippen molar-refractivity contribution in [1.29, 1.82) is 0 Å². The number of halogens is 3. The summed E-state index contributed by atoms with van der Waals surface area (Å²) in [4.78, 5) is 34.6. The van der Waals surface area contributed by atoms with Gasteiger partial charge < -0.3 is 16.2 Å². The van der Waals surface area contributed by atoms with E-state index >= 15 is 0 Å². The molecule has 1 atom stereocenters. The molecule has 28 heavy (non-hydrogen) atoms. The number of carbonyl (C=O) groups excluding carboxylic acids is 2. The van der Waals surface area contributed by atoms with Crippen LogP contribution in [0.5, 0.6) is 0 Å². The van der Waals surface area contributed by atoms with E-state index in [0.717, 1.165) is 12.1 Å². The predicted octanol–water partition coefficient (Wildman–Crippen LogP) is 2.16. The Labute approximate surface area is 158 Å². The molecular formula is C19H17F3N2O4. The van der Waals surface area contributed by atoms with Gasteiger partial charge in [0.15, 0.2) is 0 Å². The Morgan fingerprint density at radius 3 is 2.21 bits per heavy atom. The minimum atomic E-state index is -4.52. The Bertz CT molecular complexity index is 879. The standard InChI is InChI=1S/C19H17F3N2O4/c20-19(21,22)14-3-1-2-12(8-14)10-16(25)24-15(17(23)26)9-11-4-6-13(7-5-11)18(27)28/h1-8,15H,9-10H2,(H2,23,26)(H,24,25)(H,27,28)/t15-/m1/s1. The van der Waals surface area contributed by atoms with Gasteiger partial charge >= 0.3 is 12.1 Å². The molecule has 0 radical (unpaired) electrons. The smallest absolute Gasteiger partial charge is 0.416 e. The van der Waals surface area contributed by atoms with Crippen molar-refractivity contribution in [2.45, 2.75) is 25.1 Å². The second-order valence-electron chi connectivity index (χ2n) is 6.10. The summed E-state index contributed by atoms with van der Waals surface area (Å²) in [5.41, 5.74) is 5.18. The quantitative estimate of drug-likeness (QED) is 0.668. The van der Waals surface area contributed by atoms with Crippen LogP contribution in [-0.4, -0.2) is 28.9 Å². The van der Waals surface area contributed by atoms with Gasteiger partial charge in [0, 0.05) is 6.42 Å². The maximum atomic E-state index is 12.7. The Balaban J connectivity index is 2.04. The maximum Gasteiger partial charge on any atom is 0.416 e. The van der Waals surface area contributed by atoms with Crippen LogP contribution in [0.25, 0.3) is 0 Å². The van der Waals surface area contributed by atoms with Crippen molar-refractivity contribution < 1.29 is 32.7 Å². The molecule has 0 unspecified atom stereocenters. The van der Waals surface area contributed by atoms with Crippen LogP contribution in [0.3, 0.4) is 0 Å². The number of alkyl halides is 3. The highest BCUT2D eigenvalue weighted by molar-refractivity contribution is 5.88. The number of carbonyl (C=O) groups is 3. The number of carboxylic acid groups (broad SMARTS) is 1. The third-order valence-corrected chi connectivity index (χ3v) is 3.94. The topological polar surface area (TPSA) is 109 Å².